The standard InChI is InChI=1S/C13H16N2O/c14-11-3-1-2-9(6-11)7-12-13(16)10-4-5-15(12)8-10/h1-3,6,10,12H,4-5,7-8,14H2. The second-order valence-electron chi connectivity index (χ2n) is 4.85. The fourth-order valence-electron chi connectivity index (χ4n) is 2.93. The number of carbonyl (C=O) groups is 1. The maximum Gasteiger partial charge on any atom is 0.154 e. The molecule has 3 nitrogen and oxygen atoms in total. The number of nitrogens with zero attached hydrogens (tertiary/aromatic N) is 1. The van der Waals surface area contributed by atoms with Crippen LogP contribution in [0.2, 0.25) is 0 Å². The summed E-state index contributed by atoms with van der Waals surface area (Å²) in [6.45, 7) is 2.06. The third kappa shape index (κ3) is 1.52. The van der Waals surface area contributed by atoms with Crippen LogP contribution in [0, 0.1) is 5.92 Å². The van der Waals surface area contributed by atoms with E-state index in [0.29, 0.717) is 11.7 Å². The van der Waals surface area contributed by atoms with Crippen LogP contribution in [-0.4, -0.2) is 29.8 Å². The van der Waals surface area contributed by atoms with Crippen molar-refractivity contribution in [1.29, 1.82) is 0 Å². The van der Waals surface area contributed by atoms with E-state index in [1.807, 2.05) is 18.2 Å². The lowest BCUT2D eigenvalue weighted by Crippen LogP contribution is -2.37. The molecule has 2 aliphatic rings. The molecule has 2 bridgehead atoms. The molecule has 3 heteroatoms. The van der Waals surface area contributed by atoms with E-state index in [0.717, 1.165) is 31.6 Å². The Bertz CT molecular complexity index is 430. The summed E-state index contributed by atoms with van der Waals surface area (Å²) in [5.41, 5.74) is 7.70. The predicted octanol–water partition coefficient (Wildman–Crippen LogP) is 1.08. The van der Waals surface area contributed by atoms with Gasteiger partial charge in [-0.05, 0) is 37.1 Å². The molecule has 0 aromatic heterocycles. The van der Waals surface area contributed by atoms with Crippen LogP contribution < -0.4 is 5.73 Å². The molecule has 2 aliphatic heterocycles. The van der Waals surface area contributed by atoms with Gasteiger partial charge in [0.2, 0.25) is 0 Å². The smallest absolute Gasteiger partial charge is 0.154 e. The summed E-state index contributed by atoms with van der Waals surface area (Å²) in [7, 11) is 0. The van der Waals surface area contributed by atoms with Gasteiger partial charge in [0.15, 0.2) is 5.78 Å². The summed E-state index contributed by atoms with van der Waals surface area (Å²) in [6, 6.07) is 7.97. The fourth-order valence-corrected chi connectivity index (χ4v) is 2.93. The van der Waals surface area contributed by atoms with Crippen LogP contribution in [0.3, 0.4) is 0 Å². The molecule has 2 heterocycles. The molecule has 0 radical (unpaired) electrons. The van der Waals surface area contributed by atoms with E-state index in [2.05, 4.69) is 11.0 Å². The van der Waals surface area contributed by atoms with Crippen molar-refractivity contribution in [3.8, 4) is 0 Å². The number of ketones is 1. The Morgan fingerprint density at radius 1 is 1.44 bits per heavy atom. The summed E-state index contributed by atoms with van der Waals surface area (Å²) in [4.78, 5) is 14.3. The number of rotatable bonds is 2. The van der Waals surface area contributed by atoms with Gasteiger partial charge in [-0.2, -0.15) is 0 Å². The number of piperidine rings is 1. The first-order valence-electron chi connectivity index (χ1n) is 5.86. The number of anilines is 1. The number of nitrogen functional groups attached to an aromatic ring is 1. The quantitative estimate of drug-likeness (QED) is 0.753. The lowest BCUT2D eigenvalue weighted by atomic mass is 9.94. The normalized spacial score (nSPS) is 32.2. The highest BCUT2D eigenvalue weighted by Crippen LogP contribution is 2.31. The Balaban J connectivity index is 1.78. The average Bonchev–Trinajstić information content (AvgIpc) is 2.82. The van der Waals surface area contributed by atoms with E-state index in [4.69, 9.17) is 5.73 Å². The zero-order chi connectivity index (χ0) is 11.1. The van der Waals surface area contributed by atoms with Crippen LogP contribution in [0.1, 0.15) is 12.0 Å². The third-order valence-electron chi connectivity index (χ3n) is 3.77. The minimum absolute atomic E-state index is 0.112. The van der Waals surface area contributed by atoms with Gasteiger partial charge in [0.05, 0.1) is 6.04 Å². The molecule has 0 spiro atoms. The lowest BCUT2D eigenvalue weighted by Gasteiger charge is -2.23. The number of carbonyl (C=O) groups excluding carboxylic acids is 1. The van der Waals surface area contributed by atoms with Gasteiger partial charge in [0.25, 0.3) is 0 Å². The third-order valence-corrected chi connectivity index (χ3v) is 3.77. The molecular weight excluding hydrogens is 200 g/mol. The maximum absolute atomic E-state index is 12.0. The minimum atomic E-state index is 0.112. The molecule has 1 aromatic carbocycles. The van der Waals surface area contributed by atoms with Gasteiger partial charge >= 0.3 is 0 Å². The first kappa shape index (κ1) is 9.85. The van der Waals surface area contributed by atoms with Gasteiger partial charge in [-0.3, -0.25) is 9.69 Å². The zero-order valence-electron chi connectivity index (χ0n) is 9.23. The summed E-state index contributed by atoms with van der Waals surface area (Å²) < 4.78 is 0. The lowest BCUT2D eigenvalue weighted by molar-refractivity contribution is -0.124. The van der Waals surface area contributed by atoms with Crippen molar-refractivity contribution in [3.05, 3.63) is 29.8 Å². The summed E-state index contributed by atoms with van der Waals surface area (Å²) in [6.07, 6.45) is 1.88. The van der Waals surface area contributed by atoms with Crippen molar-refractivity contribution in [3.63, 3.8) is 0 Å². The Morgan fingerprint density at radius 2 is 2.31 bits per heavy atom. The molecule has 2 saturated heterocycles. The summed E-state index contributed by atoms with van der Waals surface area (Å²) in [5.74, 6) is 0.750. The fraction of sp³-hybridized carbons (Fsp3) is 0.462. The van der Waals surface area contributed by atoms with Gasteiger partial charge in [0, 0.05) is 18.2 Å². The first-order chi connectivity index (χ1) is 7.74. The van der Waals surface area contributed by atoms with Gasteiger partial charge in [-0.25, -0.2) is 0 Å². The highest BCUT2D eigenvalue weighted by Gasteiger charge is 2.44. The van der Waals surface area contributed by atoms with Crippen LogP contribution in [0.4, 0.5) is 5.69 Å². The van der Waals surface area contributed by atoms with E-state index in [9.17, 15) is 4.79 Å². The molecule has 0 saturated carbocycles. The molecule has 3 atom stereocenters. The van der Waals surface area contributed by atoms with Crippen molar-refractivity contribution in [2.45, 2.75) is 18.9 Å². The number of hydrogen-bond acceptors (Lipinski definition) is 3. The van der Waals surface area contributed by atoms with E-state index >= 15 is 0 Å². The van der Waals surface area contributed by atoms with Crippen molar-refractivity contribution in [2.24, 2.45) is 5.92 Å². The highest BCUT2D eigenvalue weighted by molar-refractivity contribution is 5.89. The predicted molar refractivity (Wildman–Crippen MR) is 63.0 cm³/mol. The van der Waals surface area contributed by atoms with Gasteiger partial charge in [-0.1, -0.05) is 12.1 Å². The van der Waals surface area contributed by atoms with E-state index in [1.54, 1.807) is 0 Å². The largest absolute Gasteiger partial charge is 0.399 e. The molecule has 2 N–H and O–H groups in total. The molecule has 16 heavy (non-hydrogen) atoms. The summed E-state index contributed by atoms with van der Waals surface area (Å²) >= 11 is 0. The second kappa shape index (κ2) is 3.59. The van der Waals surface area contributed by atoms with E-state index in [1.165, 1.54) is 5.56 Å². The zero-order valence-corrected chi connectivity index (χ0v) is 9.23. The van der Waals surface area contributed by atoms with Gasteiger partial charge < -0.3 is 5.73 Å². The van der Waals surface area contributed by atoms with Gasteiger partial charge in [-0.15, -0.1) is 0 Å². The number of nitrogens with two attached hydrogens (primary N) is 1. The SMILES string of the molecule is Nc1cccc(CC2C(=O)C3CCN2C3)c1. The van der Waals surface area contributed by atoms with E-state index < -0.39 is 0 Å². The topological polar surface area (TPSA) is 46.3 Å². The van der Waals surface area contributed by atoms with Crippen LogP contribution in [0.25, 0.3) is 0 Å². The second-order valence-corrected chi connectivity index (χ2v) is 4.85. The molecule has 3 rings (SSSR count). The number of fused-ring (bicyclic) bond motifs is 2. The van der Waals surface area contributed by atoms with Gasteiger partial charge in [0.1, 0.15) is 0 Å². The molecular formula is C13H16N2O. The Kier molecular flexibility index (Phi) is 2.21. The Labute approximate surface area is 95.2 Å². The number of benzene rings is 1. The van der Waals surface area contributed by atoms with Crippen molar-refractivity contribution < 1.29 is 4.79 Å². The van der Waals surface area contributed by atoms with E-state index in [-0.39, 0.29) is 6.04 Å². The number of hydrogen-bond donors (Lipinski definition) is 1. The van der Waals surface area contributed by atoms with Crippen LogP contribution in [0.5, 0.6) is 0 Å². The molecule has 1 aromatic rings. The first-order valence-corrected chi connectivity index (χ1v) is 5.86. The van der Waals surface area contributed by atoms with Crippen molar-refractivity contribution in [2.75, 3.05) is 18.8 Å². The maximum atomic E-state index is 12.0. The molecule has 84 valence electrons. The molecule has 2 fully saturated rings. The Hall–Kier alpha value is -1.35. The minimum Gasteiger partial charge on any atom is -0.399 e. The van der Waals surface area contributed by atoms with Crippen LogP contribution in [0.15, 0.2) is 24.3 Å². The van der Waals surface area contributed by atoms with Crippen LogP contribution in [-0.2, 0) is 11.2 Å². The monoisotopic (exact) mass is 216 g/mol. The highest BCUT2D eigenvalue weighted by atomic mass is 16.1. The summed E-state index contributed by atoms with van der Waals surface area (Å²) in [5, 5.41) is 0. The molecule has 3 unspecified atom stereocenters. The molecule has 0 aliphatic carbocycles. The van der Waals surface area contributed by atoms with Crippen molar-refractivity contribution >= 4 is 11.5 Å². The van der Waals surface area contributed by atoms with Crippen LogP contribution >= 0.6 is 0 Å². The van der Waals surface area contributed by atoms with Crippen molar-refractivity contribution in [1.82, 2.24) is 4.90 Å². The molecule has 0 amide bonds. The average molecular weight is 216 g/mol. The Morgan fingerprint density at radius 3 is 3.00 bits per heavy atom. The number of Topliss-reactive ketones (excluding diaryl/α,β-unsaturated/α-hetero) is 1.